The molecule has 3 fully saturated rings. The molecule has 134 valence electrons. The first-order valence-electron chi connectivity index (χ1n) is 10.5. The normalized spacial score (nSPS) is 29.9. The van der Waals surface area contributed by atoms with Crippen LogP contribution >= 0.6 is 0 Å². The Kier molecular flexibility index (Phi) is 5.54. The van der Waals surface area contributed by atoms with Crippen molar-refractivity contribution in [3.63, 3.8) is 0 Å². The third-order valence-electron chi connectivity index (χ3n) is 6.45. The number of benzene rings is 1. The van der Waals surface area contributed by atoms with Crippen LogP contribution in [0.5, 0.6) is 0 Å². The van der Waals surface area contributed by atoms with Crippen molar-refractivity contribution in [2.75, 3.05) is 6.54 Å². The first kappa shape index (κ1) is 16.9. The molecular weight excluding hydrogens is 304 g/mol. The van der Waals surface area contributed by atoms with Gasteiger partial charge in [0.2, 0.25) is 0 Å². The molecule has 0 amide bonds. The SMILES string of the molecule is C(=C1\CCCN1)/C(=N\C1CCCC1C1CCCCC1)c1ccccc1. The highest BCUT2D eigenvalue weighted by Gasteiger charge is 2.34. The van der Waals surface area contributed by atoms with Gasteiger partial charge in [-0.15, -0.1) is 0 Å². The fourth-order valence-electron chi connectivity index (χ4n) is 5.13. The Hall–Kier alpha value is -1.57. The Labute approximate surface area is 152 Å². The van der Waals surface area contributed by atoms with Crippen molar-refractivity contribution in [2.45, 2.75) is 70.3 Å². The zero-order valence-corrected chi connectivity index (χ0v) is 15.4. The van der Waals surface area contributed by atoms with E-state index in [0.29, 0.717) is 6.04 Å². The fourth-order valence-corrected chi connectivity index (χ4v) is 5.13. The molecule has 3 aliphatic rings. The minimum atomic E-state index is 0.538. The highest BCUT2D eigenvalue weighted by atomic mass is 14.9. The van der Waals surface area contributed by atoms with Crippen molar-refractivity contribution in [2.24, 2.45) is 16.8 Å². The molecule has 1 aromatic carbocycles. The Bertz CT molecular complexity index is 602. The van der Waals surface area contributed by atoms with Crippen LogP contribution in [0.25, 0.3) is 0 Å². The van der Waals surface area contributed by atoms with Crippen molar-refractivity contribution in [1.82, 2.24) is 5.32 Å². The number of aliphatic imine (C=N–C) groups is 1. The van der Waals surface area contributed by atoms with Gasteiger partial charge in [0.15, 0.2) is 0 Å². The third-order valence-corrected chi connectivity index (χ3v) is 6.45. The number of nitrogens with one attached hydrogen (secondary N) is 1. The molecule has 0 radical (unpaired) electrons. The summed E-state index contributed by atoms with van der Waals surface area (Å²) in [6, 6.07) is 11.3. The van der Waals surface area contributed by atoms with Crippen molar-refractivity contribution in [1.29, 1.82) is 0 Å². The van der Waals surface area contributed by atoms with Crippen molar-refractivity contribution < 1.29 is 0 Å². The van der Waals surface area contributed by atoms with E-state index in [1.165, 1.54) is 81.2 Å². The topological polar surface area (TPSA) is 24.4 Å². The molecule has 1 aliphatic heterocycles. The van der Waals surface area contributed by atoms with Gasteiger partial charge in [-0.1, -0.05) is 68.9 Å². The van der Waals surface area contributed by atoms with Gasteiger partial charge in [0.05, 0.1) is 11.8 Å². The molecule has 2 atom stereocenters. The molecule has 2 saturated carbocycles. The lowest BCUT2D eigenvalue weighted by atomic mass is 9.78. The number of allylic oxidation sites excluding steroid dienone is 2. The molecule has 2 unspecified atom stereocenters. The van der Waals surface area contributed by atoms with Gasteiger partial charge in [-0.05, 0) is 49.2 Å². The monoisotopic (exact) mass is 336 g/mol. The Morgan fingerprint density at radius 2 is 1.76 bits per heavy atom. The van der Waals surface area contributed by atoms with Crippen LogP contribution < -0.4 is 5.32 Å². The smallest absolute Gasteiger partial charge is 0.0667 e. The molecule has 1 heterocycles. The lowest BCUT2D eigenvalue weighted by Crippen LogP contribution is -2.25. The fraction of sp³-hybridized carbons (Fsp3) is 0.609. The van der Waals surface area contributed by atoms with E-state index in [4.69, 9.17) is 4.99 Å². The molecule has 2 nitrogen and oxygen atoms in total. The highest BCUT2D eigenvalue weighted by molar-refractivity contribution is 6.09. The van der Waals surface area contributed by atoms with Crippen LogP contribution in [0.15, 0.2) is 47.1 Å². The lowest BCUT2D eigenvalue weighted by Gasteiger charge is -2.30. The van der Waals surface area contributed by atoms with E-state index >= 15 is 0 Å². The summed E-state index contributed by atoms with van der Waals surface area (Å²) in [5, 5.41) is 3.54. The number of rotatable bonds is 4. The van der Waals surface area contributed by atoms with Crippen LogP contribution in [0.1, 0.15) is 69.8 Å². The van der Waals surface area contributed by atoms with Crippen molar-refractivity contribution in [3.8, 4) is 0 Å². The molecular formula is C23H32N2. The minimum absolute atomic E-state index is 0.538. The molecule has 0 bridgehead atoms. The summed E-state index contributed by atoms with van der Waals surface area (Å²) in [5.41, 5.74) is 3.85. The largest absolute Gasteiger partial charge is 0.388 e. The van der Waals surface area contributed by atoms with E-state index in [9.17, 15) is 0 Å². The summed E-state index contributed by atoms with van der Waals surface area (Å²) >= 11 is 0. The molecule has 1 saturated heterocycles. The van der Waals surface area contributed by atoms with Crippen LogP contribution in [-0.2, 0) is 0 Å². The lowest BCUT2D eigenvalue weighted by molar-refractivity contribution is 0.235. The van der Waals surface area contributed by atoms with Crippen LogP contribution in [0.4, 0.5) is 0 Å². The predicted octanol–water partition coefficient (Wildman–Crippen LogP) is 5.49. The van der Waals surface area contributed by atoms with Crippen molar-refractivity contribution in [3.05, 3.63) is 47.7 Å². The molecule has 25 heavy (non-hydrogen) atoms. The zero-order chi connectivity index (χ0) is 16.9. The van der Waals surface area contributed by atoms with E-state index in [-0.39, 0.29) is 0 Å². The molecule has 4 rings (SSSR count). The van der Waals surface area contributed by atoms with E-state index in [1.54, 1.807) is 0 Å². The quantitative estimate of drug-likeness (QED) is 0.722. The molecule has 0 spiro atoms. The second kappa shape index (κ2) is 8.21. The standard InChI is InChI=1S/C23H32N2/c1-3-9-18(10-4-1)21-14-7-15-22(21)25-23(17-20-13-8-16-24-20)19-11-5-2-6-12-19/h2,5-6,11-12,17-18,21-22,24H,1,3-4,7-10,13-16H2/b20-17-,25-23+. The number of hydrogen-bond donors (Lipinski definition) is 1. The minimum Gasteiger partial charge on any atom is -0.388 e. The molecule has 1 aromatic rings. The van der Waals surface area contributed by atoms with Gasteiger partial charge in [-0.25, -0.2) is 0 Å². The number of nitrogens with zero attached hydrogens (tertiary/aromatic N) is 1. The van der Waals surface area contributed by atoms with Gasteiger partial charge in [0.25, 0.3) is 0 Å². The van der Waals surface area contributed by atoms with Crippen molar-refractivity contribution >= 4 is 5.71 Å². The maximum absolute atomic E-state index is 5.37. The molecule has 2 heteroatoms. The summed E-state index contributed by atoms with van der Waals surface area (Å²) in [7, 11) is 0. The first-order valence-corrected chi connectivity index (χ1v) is 10.5. The van der Waals surface area contributed by atoms with Crippen LogP contribution in [0.2, 0.25) is 0 Å². The average Bonchev–Trinajstić information content (AvgIpc) is 3.35. The Morgan fingerprint density at radius 1 is 0.920 bits per heavy atom. The summed E-state index contributed by atoms with van der Waals surface area (Å²) in [4.78, 5) is 5.37. The van der Waals surface area contributed by atoms with E-state index in [0.717, 1.165) is 18.4 Å². The molecule has 1 N–H and O–H groups in total. The average molecular weight is 337 g/mol. The Morgan fingerprint density at radius 3 is 2.52 bits per heavy atom. The summed E-state index contributed by atoms with van der Waals surface area (Å²) in [5.74, 6) is 1.76. The predicted molar refractivity (Wildman–Crippen MR) is 106 cm³/mol. The Balaban J connectivity index is 1.60. The molecule has 0 aromatic heterocycles. The summed E-state index contributed by atoms with van der Waals surface area (Å²) in [6.45, 7) is 1.11. The van der Waals surface area contributed by atoms with Gasteiger partial charge < -0.3 is 5.32 Å². The molecule has 2 aliphatic carbocycles. The van der Waals surface area contributed by atoms with E-state index in [1.807, 2.05) is 0 Å². The zero-order valence-electron chi connectivity index (χ0n) is 15.4. The van der Waals surface area contributed by atoms with Gasteiger partial charge >= 0.3 is 0 Å². The van der Waals surface area contributed by atoms with Gasteiger partial charge in [0, 0.05) is 12.2 Å². The first-order chi connectivity index (χ1) is 12.4. The van der Waals surface area contributed by atoms with E-state index in [2.05, 4.69) is 41.7 Å². The maximum Gasteiger partial charge on any atom is 0.0667 e. The highest BCUT2D eigenvalue weighted by Crippen LogP contribution is 2.41. The van der Waals surface area contributed by atoms with Gasteiger partial charge in [-0.2, -0.15) is 0 Å². The third kappa shape index (κ3) is 4.16. The van der Waals surface area contributed by atoms with E-state index < -0.39 is 0 Å². The van der Waals surface area contributed by atoms with Crippen LogP contribution in [0.3, 0.4) is 0 Å². The maximum atomic E-state index is 5.37. The number of hydrogen-bond acceptors (Lipinski definition) is 2. The van der Waals surface area contributed by atoms with Crippen LogP contribution in [0, 0.1) is 11.8 Å². The second-order valence-electron chi connectivity index (χ2n) is 8.14. The van der Waals surface area contributed by atoms with Gasteiger partial charge in [-0.3, -0.25) is 4.99 Å². The second-order valence-corrected chi connectivity index (χ2v) is 8.14. The summed E-state index contributed by atoms with van der Waals surface area (Å²) in [6.07, 6.45) is 16.0. The van der Waals surface area contributed by atoms with Crippen LogP contribution in [-0.4, -0.2) is 18.3 Å². The summed E-state index contributed by atoms with van der Waals surface area (Å²) < 4.78 is 0. The van der Waals surface area contributed by atoms with Gasteiger partial charge in [0.1, 0.15) is 0 Å².